The average Bonchev–Trinajstić information content (AvgIpc) is 2.72. The van der Waals surface area contributed by atoms with Crippen molar-refractivity contribution in [2.24, 2.45) is 0 Å². The van der Waals surface area contributed by atoms with Gasteiger partial charge in [0.05, 0.1) is 21.3 Å². The van der Waals surface area contributed by atoms with Gasteiger partial charge in [0.15, 0.2) is 11.5 Å². The molecule has 0 saturated heterocycles. The highest BCUT2D eigenvalue weighted by Gasteiger charge is 2.23. The van der Waals surface area contributed by atoms with Crippen LogP contribution in [-0.4, -0.2) is 36.3 Å². The first-order chi connectivity index (χ1) is 13.5. The largest absolute Gasteiger partial charge is 0.495 e. The number of rotatable bonds is 8. The monoisotopic (exact) mass is 405 g/mol. The second-order valence-electron chi connectivity index (χ2n) is 6.82. The lowest BCUT2D eigenvalue weighted by Crippen LogP contribution is -2.27. The highest BCUT2D eigenvalue weighted by molar-refractivity contribution is 7.89. The molecule has 0 aromatic heterocycles. The number of sulfonamides is 1. The normalized spacial score (nSPS) is 13.7. The van der Waals surface area contributed by atoms with Crippen molar-refractivity contribution < 1.29 is 22.6 Å². The van der Waals surface area contributed by atoms with Gasteiger partial charge in [-0.1, -0.05) is 6.07 Å². The molecular weight excluding hydrogens is 378 g/mol. The van der Waals surface area contributed by atoms with E-state index >= 15 is 0 Å². The summed E-state index contributed by atoms with van der Waals surface area (Å²) in [4.78, 5) is 0.211. The van der Waals surface area contributed by atoms with Crippen LogP contribution < -0.4 is 18.9 Å². The fourth-order valence-corrected chi connectivity index (χ4v) is 4.78. The lowest BCUT2D eigenvalue weighted by atomic mass is 9.92. The van der Waals surface area contributed by atoms with Gasteiger partial charge >= 0.3 is 0 Å². The van der Waals surface area contributed by atoms with E-state index in [1.165, 1.54) is 12.7 Å². The Labute approximate surface area is 166 Å². The Bertz CT molecular complexity index is 940. The molecule has 0 fully saturated rings. The van der Waals surface area contributed by atoms with Crippen molar-refractivity contribution in [1.29, 1.82) is 0 Å². The van der Waals surface area contributed by atoms with Gasteiger partial charge in [-0.3, -0.25) is 0 Å². The maximum atomic E-state index is 12.9. The van der Waals surface area contributed by atoms with Gasteiger partial charge in [0.1, 0.15) is 10.6 Å². The van der Waals surface area contributed by atoms with E-state index in [1.807, 2.05) is 24.3 Å². The van der Waals surface area contributed by atoms with Gasteiger partial charge in [0, 0.05) is 6.54 Å². The van der Waals surface area contributed by atoms with Crippen LogP contribution in [0.15, 0.2) is 35.2 Å². The summed E-state index contributed by atoms with van der Waals surface area (Å²) in [6.45, 7) is 0.276. The molecule has 0 spiro atoms. The van der Waals surface area contributed by atoms with Gasteiger partial charge < -0.3 is 14.2 Å². The van der Waals surface area contributed by atoms with E-state index in [-0.39, 0.29) is 11.4 Å². The molecule has 1 N–H and O–H groups in total. The molecule has 0 unspecified atom stereocenters. The third-order valence-electron chi connectivity index (χ3n) is 5.07. The Morgan fingerprint density at radius 3 is 2.14 bits per heavy atom. The van der Waals surface area contributed by atoms with Crippen LogP contribution in [0.3, 0.4) is 0 Å². The van der Waals surface area contributed by atoms with E-state index in [9.17, 15) is 8.42 Å². The molecular formula is C21H27NO5S. The van der Waals surface area contributed by atoms with E-state index in [0.29, 0.717) is 23.7 Å². The quantitative estimate of drug-likeness (QED) is 0.731. The fourth-order valence-electron chi connectivity index (χ4n) is 3.55. The molecule has 0 saturated carbocycles. The van der Waals surface area contributed by atoms with Crippen molar-refractivity contribution in [3.63, 3.8) is 0 Å². The molecule has 0 heterocycles. The van der Waals surface area contributed by atoms with Crippen LogP contribution in [0.4, 0.5) is 0 Å². The molecule has 2 aromatic carbocycles. The fraction of sp³-hybridized carbons (Fsp3) is 0.429. The van der Waals surface area contributed by atoms with Gasteiger partial charge in [-0.15, -0.1) is 0 Å². The second-order valence-corrected chi connectivity index (χ2v) is 8.55. The van der Waals surface area contributed by atoms with Crippen LogP contribution in [0.1, 0.15) is 29.5 Å². The first-order valence-corrected chi connectivity index (χ1v) is 10.9. The highest BCUT2D eigenvalue weighted by atomic mass is 32.2. The lowest BCUT2D eigenvalue weighted by molar-refractivity contribution is 0.354. The van der Waals surface area contributed by atoms with Crippen molar-refractivity contribution in [1.82, 2.24) is 4.72 Å². The van der Waals surface area contributed by atoms with Gasteiger partial charge in [0.25, 0.3) is 0 Å². The van der Waals surface area contributed by atoms with Crippen molar-refractivity contribution >= 4 is 10.0 Å². The van der Waals surface area contributed by atoms with Crippen LogP contribution in [0.2, 0.25) is 0 Å². The number of hydrogen-bond acceptors (Lipinski definition) is 5. The number of benzene rings is 2. The third kappa shape index (κ3) is 4.42. The third-order valence-corrected chi connectivity index (χ3v) is 6.55. The first-order valence-electron chi connectivity index (χ1n) is 9.39. The van der Waals surface area contributed by atoms with Crippen LogP contribution in [0.25, 0.3) is 0 Å². The topological polar surface area (TPSA) is 73.9 Å². The second kappa shape index (κ2) is 8.84. The molecule has 28 heavy (non-hydrogen) atoms. The Morgan fingerprint density at radius 1 is 0.857 bits per heavy atom. The van der Waals surface area contributed by atoms with E-state index in [4.69, 9.17) is 14.2 Å². The number of nitrogens with one attached hydrogen (secondary N) is 1. The van der Waals surface area contributed by atoms with E-state index in [2.05, 4.69) is 4.72 Å². The zero-order chi connectivity index (χ0) is 20.1. The summed E-state index contributed by atoms with van der Waals surface area (Å²) in [5, 5.41) is 0. The zero-order valence-corrected chi connectivity index (χ0v) is 17.4. The number of fused-ring (bicyclic) bond motifs is 1. The van der Waals surface area contributed by atoms with E-state index < -0.39 is 10.0 Å². The lowest BCUT2D eigenvalue weighted by Gasteiger charge is -2.19. The molecule has 0 aliphatic heterocycles. The average molecular weight is 406 g/mol. The van der Waals surface area contributed by atoms with E-state index in [1.54, 1.807) is 20.3 Å². The Kier molecular flexibility index (Phi) is 6.46. The molecule has 1 aliphatic carbocycles. The molecule has 2 aromatic rings. The summed E-state index contributed by atoms with van der Waals surface area (Å²) in [6.07, 6.45) is 4.64. The molecule has 3 rings (SSSR count). The SMILES string of the molecule is COc1ccc(CCNS(=O)(=O)c2cc3c(cc2OC)CCCC3)cc1OC. The summed E-state index contributed by atoms with van der Waals surface area (Å²) in [5.41, 5.74) is 3.25. The van der Waals surface area contributed by atoms with Crippen molar-refractivity contribution in [3.8, 4) is 17.2 Å². The number of aryl methyl sites for hydroxylation is 2. The minimum absolute atomic E-state index is 0.211. The summed E-state index contributed by atoms with van der Waals surface area (Å²) >= 11 is 0. The summed E-state index contributed by atoms with van der Waals surface area (Å²) in [7, 11) is 0.998. The standard InChI is InChI=1S/C21H27NO5S/c1-25-18-9-8-15(12-19(18)26-2)10-11-22-28(23,24)21-14-17-7-5-4-6-16(17)13-20(21)27-3/h8-9,12-14,22H,4-7,10-11H2,1-3H3. The highest BCUT2D eigenvalue weighted by Crippen LogP contribution is 2.32. The molecule has 6 nitrogen and oxygen atoms in total. The predicted octanol–water partition coefficient (Wildman–Crippen LogP) is 3.11. The summed E-state index contributed by atoms with van der Waals surface area (Å²) in [5.74, 6) is 1.67. The van der Waals surface area contributed by atoms with Crippen molar-refractivity contribution in [2.45, 2.75) is 37.0 Å². The minimum atomic E-state index is -3.67. The number of methoxy groups -OCH3 is 3. The van der Waals surface area contributed by atoms with Crippen LogP contribution >= 0.6 is 0 Å². The minimum Gasteiger partial charge on any atom is -0.495 e. The molecule has 7 heteroatoms. The molecule has 0 amide bonds. The molecule has 0 atom stereocenters. The van der Waals surface area contributed by atoms with Gasteiger partial charge in [-0.05, 0) is 73.1 Å². The Balaban J connectivity index is 1.74. The van der Waals surface area contributed by atoms with E-state index in [0.717, 1.165) is 36.8 Å². The number of ether oxygens (including phenoxy) is 3. The summed E-state index contributed by atoms with van der Waals surface area (Å²) < 4.78 is 44.3. The van der Waals surface area contributed by atoms with Gasteiger partial charge in [-0.25, -0.2) is 13.1 Å². The zero-order valence-electron chi connectivity index (χ0n) is 16.6. The Hall–Kier alpha value is -2.25. The van der Waals surface area contributed by atoms with Gasteiger partial charge in [-0.2, -0.15) is 0 Å². The van der Waals surface area contributed by atoms with Gasteiger partial charge in [0.2, 0.25) is 10.0 Å². The molecule has 1 aliphatic rings. The molecule has 0 radical (unpaired) electrons. The number of hydrogen-bond donors (Lipinski definition) is 1. The first kappa shape index (κ1) is 20.5. The van der Waals surface area contributed by atoms with Crippen LogP contribution in [0.5, 0.6) is 17.2 Å². The summed E-state index contributed by atoms with van der Waals surface area (Å²) in [6, 6.07) is 9.21. The van der Waals surface area contributed by atoms with Crippen LogP contribution in [0, 0.1) is 0 Å². The maximum absolute atomic E-state index is 12.9. The smallest absolute Gasteiger partial charge is 0.244 e. The maximum Gasteiger partial charge on any atom is 0.244 e. The predicted molar refractivity (Wildman–Crippen MR) is 108 cm³/mol. The van der Waals surface area contributed by atoms with Crippen LogP contribution in [-0.2, 0) is 29.3 Å². The van der Waals surface area contributed by atoms with Crippen molar-refractivity contribution in [2.75, 3.05) is 27.9 Å². The molecule has 0 bridgehead atoms. The molecule has 152 valence electrons. The Morgan fingerprint density at radius 2 is 1.50 bits per heavy atom. The van der Waals surface area contributed by atoms with Crippen molar-refractivity contribution in [3.05, 3.63) is 47.0 Å².